The fourth-order valence-electron chi connectivity index (χ4n) is 1.02. The first-order chi connectivity index (χ1) is 5.92. The summed E-state index contributed by atoms with van der Waals surface area (Å²) in [5.41, 5.74) is 1.06. The Balaban J connectivity index is 1.99. The van der Waals surface area contributed by atoms with Crippen molar-refractivity contribution < 1.29 is 4.74 Å². The van der Waals surface area contributed by atoms with Crippen LogP contribution in [0, 0.1) is 0 Å². The molecule has 0 spiro atoms. The molecular formula is C9H10N2O. The van der Waals surface area contributed by atoms with Gasteiger partial charge >= 0.3 is 6.02 Å². The fraction of sp³-hybridized carbons (Fsp3) is 0.222. The fourth-order valence-corrected chi connectivity index (χ4v) is 1.02. The van der Waals surface area contributed by atoms with Gasteiger partial charge in [0.05, 0.1) is 12.3 Å². The minimum Gasteiger partial charge on any atom is -0.463 e. The van der Waals surface area contributed by atoms with Gasteiger partial charge in [-0.25, -0.2) is 0 Å². The Bertz CT molecular complexity index is 295. The molecule has 0 N–H and O–H groups in total. The van der Waals surface area contributed by atoms with E-state index in [4.69, 9.17) is 4.74 Å². The highest BCUT2D eigenvalue weighted by Crippen LogP contribution is 2.22. The molecule has 0 aliphatic carbocycles. The number of amidine groups is 1. The molecule has 3 heteroatoms. The van der Waals surface area contributed by atoms with Crippen LogP contribution in [0.15, 0.2) is 35.4 Å². The maximum Gasteiger partial charge on any atom is 0.336 e. The molecule has 0 amide bonds. The average molecular weight is 162 g/mol. The summed E-state index contributed by atoms with van der Waals surface area (Å²) in [6, 6.07) is 10.6. The molecule has 0 unspecified atom stereocenters. The first-order valence-electron chi connectivity index (χ1n) is 3.98. The molecule has 2 rings (SSSR count). The molecule has 1 aromatic carbocycles. The monoisotopic (exact) mass is 162 g/mol. The van der Waals surface area contributed by atoms with Gasteiger partial charge in [0.1, 0.15) is 0 Å². The van der Waals surface area contributed by atoms with E-state index in [2.05, 4.69) is 5.10 Å². The summed E-state index contributed by atoms with van der Waals surface area (Å²) in [6.45, 7) is 2.62. The Labute approximate surface area is 71.3 Å². The molecule has 0 saturated carbocycles. The number of para-hydroxylation sites is 1. The Morgan fingerprint density at radius 2 is 2.08 bits per heavy atom. The van der Waals surface area contributed by atoms with Crippen molar-refractivity contribution in [1.29, 1.82) is 0 Å². The van der Waals surface area contributed by atoms with Gasteiger partial charge in [-0.05, 0) is 19.1 Å². The van der Waals surface area contributed by atoms with Crippen LogP contribution in [-0.2, 0) is 4.74 Å². The molecular weight excluding hydrogens is 152 g/mol. The van der Waals surface area contributed by atoms with Gasteiger partial charge in [-0.3, -0.25) is 0 Å². The molecule has 1 aliphatic rings. The summed E-state index contributed by atoms with van der Waals surface area (Å²) >= 11 is 0. The van der Waals surface area contributed by atoms with E-state index < -0.39 is 0 Å². The molecule has 0 fully saturated rings. The lowest BCUT2D eigenvalue weighted by Crippen LogP contribution is -2.06. The van der Waals surface area contributed by atoms with Crippen LogP contribution < -0.4 is 5.01 Å². The standard InChI is InChI=1S/C9H10N2O/c1-2-12-9-10-11(9)8-6-4-3-5-7-8/h3-7H,2H2,1H3. The van der Waals surface area contributed by atoms with Crippen LogP contribution in [0.25, 0.3) is 0 Å². The number of benzene rings is 1. The Morgan fingerprint density at radius 1 is 1.33 bits per heavy atom. The molecule has 0 aromatic heterocycles. The van der Waals surface area contributed by atoms with Gasteiger partial charge in [0.15, 0.2) is 0 Å². The molecule has 1 aromatic rings. The predicted octanol–water partition coefficient (Wildman–Crippen LogP) is 1.81. The number of nitrogens with zero attached hydrogens (tertiary/aromatic N) is 2. The predicted molar refractivity (Wildman–Crippen MR) is 48.0 cm³/mol. The molecule has 0 atom stereocenters. The van der Waals surface area contributed by atoms with Gasteiger partial charge < -0.3 is 4.74 Å². The number of hydrogen-bond donors (Lipinski definition) is 0. The van der Waals surface area contributed by atoms with E-state index in [0.29, 0.717) is 12.6 Å². The van der Waals surface area contributed by atoms with E-state index in [-0.39, 0.29) is 0 Å². The van der Waals surface area contributed by atoms with Crippen molar-refractivity contribution in [2.75, 3.05) is 11.6 Å². The van der Waals surface area contributed by atoms with Crippen LogP contribution in [0.2, 0.25) is 0 Å². The zero-order valence-corrected chi connectivity index (χ0v) is 6.90. The normalized spacial score (nSPS) is 14.1. The highest BCUT2D eigenvalue weighted by Gasteiger charge is 2.27. The van der Waals surface area contributed by atoms with Crippen molar-refractivity contribution in [1.82, 2.24) is 0 Å². The van der Waals surface area contributed by atoms with Crippen molar-refractivity contribution in [3.8, 4) is 0 Å². The molecule has 12 heavy (non-hydrogen) atoms. The molecule has 1 aliphatic heterocycles. The third kappa shape index (κ3) is 1.25. The summed E-state index contributed by atoms with van der Waals surface area (Å²) < 4.78 is 5.20. The maximum absolute atomic E-state index is 5.20. The zero-order chi connectivity index (χ0) is 8.39. The van der Waals surface area contributed by atoms with Crippen LogP contribution >= 0.6 is 0 Å². The minimum absolute atomic E-state index is 0.669. The first kappa shape index (κ1) is 7.16. The molecule has 0 radical (unpaired) electrons. The summed E-state index contributed by atoms with van der Waals surface area (Å²) in [6.07, 6.45) is 0. The molecule has 3 nitrogen and oxygen atoms in total. The van der Waals surface area contributed by atoms with E-state index in [1.165, 1.54) is 0 Å². The third-order valence-corrected chi connectivity index (χ3v) is 1.60. The number of hydrogen-bond acceptors (Lipinski definition) is 3. The van der Waals surface area contributed by atoms with Crippen molar-refractivity contribution in [2.24, 2.45) is 5.10 Å². The SMILES string of the molecule is CCOC1=NN1c1ccccc1. The summed E-state index contributed by atoms with van der Waals surface area (Å²) in [4.78, 5) is 0. The van der Waals surface area contributed by atoms with Gasteiger partial charge in [-0.2, -0.15) is 5.01 Å². The molecule has 0 saturated heterocycles. The molecule has 0 bridgehead atoms. The van der Waals surface area contributed by atoms with Crippen LogP contribution in [0.5, 0.6) is 0 Å². The lowest BCUT2D eigenvalue weighted by molar-refractivity contribution is 0.335. The van der Waals surface area contributed by atoms with Crippen molar-refractivity contribution in [3.63, 3.8) is 0 Å². The van der Waals surface area contributed by atoms with Gasteiger partial charge in [0.25, 0.3) is 0 Å². The summed E-state index contributed by atoms with van der Waals surface area (Å²) in [5, 5.41) is 5.82. The highest BCUT2D eigenvalue weighted by atomic mass is 16.5. The van der Waals surface area contributed by atoms with Crippen molar-refractivity contribution >= 4 is 11.7 Å². The highest BCUT2D eigenvalue weighted by molar-refractivity contribution is 6.02. The van der Waals surface area contributed by atoms with Gasteiger partial charge in [-0.1, -0.05) is 18.2 Å². The number of hydrazone groups is 1. The smallest absolute Gasteiger partial charge is 0.336 e. The number of anilines is 1. The first-order valence-corrected chi connectivity index (χ1v) is 3.98. The van der Waals surface area contributed by atoms with Gasteiger partial charge in [0.2, 0.25) is 0 Å². The van der Waals surface area contributed by atoms with E-state index in [1.54, 1.807) is 5.01 Å². The maximum atomic E-state index is 5.20. The molecule has 1 heterocycles. The number of rotatable bonds is 2. The third-order valence-electron chi connectivity index (χ3n) is 1.60. The van der Waals surface area contributed by atoms with E-state index in [0.717, 1.165) is 5.69 Å². The van der Waals surface area contributed by atoms with E-state index >= 15 is 0 Å². The van der Waals surface area contributed by atoms with Gasteiger partial charge in [-0.15, -0.1) is 5.10 Å². The summed E-state index contributed by atoms with van der Waals surface area (Å²) in [5.74, 6) is 0. The topological polar surface area (TPSA) is 24.6 Å². The Hall–Kier alpha value is -1.51. The van der Waals surface area contributed by atoms with Crippen molar-refractivity contribution in [3.05, 3.63) is 30.3 Å². The Kier molecular flexibility index (Phi) is 1.70. The molecule has 62 valence electrons. The van der Waals surface area contributed by atoms with E-state index in [9.17, 15) is 0 Å². The van der Waals surface area contributed by atoms with Crippen LogP contribution in [0.4, 0.5) is 5.69 Å². The second-order valence-electron chi connectivity index (χ2n) is 2.46. The average Bonchev–Trinajstić information content (AvgIpc) is 2.87. The number of ether oxygens (including phenoxy) is 1. The quantitative estimate of drug-likeness (QED) is 0.662. The second kappa shape index (κ2) is 2.85. The minimum atomic E-state index is 0.669. The zero-order valence-electron chi connectivity index (χ0n) is 6.90. The second-order valence-corrected chi connectivity index (χ2v) is 2.46. The lowest BCUT2D eigenvalue weighted by atomic mass is 10.3. The summed E-state index contributed by atoms with van der Waals surface area (Å²) in [7, 11) is 0. The van der Waals surface area contributed by atoms with Crippen LogP contribution in [0.3, 0.4) is 0 Å². The van der Waals surface area contributed by atoms with Crippen LogP contribution in [0.1, 0.15) is 6.92 Å². The van der Waals surface area contributed by atoms with E-state index in [1.807, 2.05) is 37.3 Å². The van der Waals surface area contributed by atoms with Gasteiger partial charge in [0, 0.05) is 0 Å². The van der Waals surface area contributed by atoms with Crippen molar-refractivity contribution in [2.45, 2.75) is 6.92 Å². The largest absolute Gasteiger partial charge is 0.463 e. The Morgan fingerprint density at radius 3 is 2.75 bits per heavy atom. The van der Waals surface area contributed by atoms with Crippen LogP contribution in [-0.4, -0.2) is 12.6 Å². The lowest BCUT2D eigenvalue weighted by Gasteiger charge is -2.00.